The maximum absolute atomic E-state index is 12.7. The van der Waals surface area contributed by atoms with E-state index in [2.05, 4.69) is 15.6 Å². The molecule has 2 N–H and O–H groups in total. The Morgan fingerprint density at radius 3 is 2.59 bits per heavy atom. The number of rotatable bonds is 7. The molecular weight excluding hydrogens is 409 g/mol. The van der Waals surface area contributed by atoms with E-state index in [0.29, 0.717) is 29.8 Å². The van der Waals surface area contributed by atoms with Crippen LogP contribution >= 0.6 is 0 Å². The summed E-state index contributed by atoms with van der Waals surface area (Å²) in [5.41, 5.74) is -4.18. The lowest BCUT2D eigenvalue weighted by Crippen LogP contribution is -2.51. The first-order chi connectivity index (χ1) is 13.7. The van der Waals surface area contributed by atoms with E-state index in [-0.39, 0.29) is 32.0 Å². The third-order valence-electron chi connectivity index (χ3n) is 4.58. The van der Waals surface area contributed by atoms with Crippen LogP contribution in [0.25, 0.3) is 0 Å². The summed E-state index contributed by atoms with van der Waals surface area (Å²) in [4.78, 5) is 4.51. The van der Waals surface area contributed by atoms with E-state index in [9.17, 15) is 21.6 Å². The zero-order chi connectivity index (χ0) is 21.5. The second-order valence-electron chi connectivity index (χ2n) is 6.63. The molecule has 0 amide bonds. The van der Waals surface area contributed by atoms with Gasteiger partial charge in [0.1, 0.15) is 5.75 Å². The summed E-state index contributed by atoms with van der Waals surface area (Å²) in [5, 5.41) is 6.29. The second-order valence-corrected chi connectivity index (χ2v) is 8.56. The number of piperidine rings is 1. The summed E-state index contributed by atoms with van der Waals surface area (Å²) in [6.07, 6.45) is 1.25. The number of methoxy groups -OCH3 is 1. The van der Waals surface area contributed by atoms with Gasteiger partial charge < -0.3 is 15.4 Å². The SMILES string of the molecule is CCNC(=NCCc1cccc(OC)c1)NC1CCN(S(=O)(=O)C(F)(F)F)CC1. The van der Waals surface area contributed by atoms with Gasteiger partial charge in [0.05, 0.1) is 7.11 Å². The fourth-order valence-electron chi connectivity index (χ4n) is 3.03. The molecule has 0 saturated carbocycles. The van der Waals surface area contributed by atoms with Crippen LogP contribution < -0.4 is 15.4 Å². The summed E-state index contributed by atoms with van der Waals surface area (Å²) in [5.74, 6) is 1.34. The lowest BCUT2D eigenvalue weighted by Gasteiger charge is -2.32. The van der Waals surface area contributed by atoms with Gasteiger partial charge >= 0.3 is 15.5 Å². The van der Waals surface area contributed by atoms with Crippen molar-refractivity contribution in [1.82, 2.24) is 14.9 Å². The average molecular weight is 437 g/mol. The highest BCUT2D eigenvalue weighted by atomic mass is 32.2. The number of ether oxygens (including phenoxy) is 1. The van der Waals surface area contributed by atoms with Gasteiger partial charge in [-0.25, -0.2) is 8.42 Å². The van der Waals surface area contributed by atoms with Crippen molar-refractivity contribution in [2.24, 2.45) is 4.99 Å². The molecule has 0 aliphatic carbocycles. The molecule has 0 unspecified atom stereocenters. The first-order valence-corrected chi connectivity index (χ1v) is 10.9. The van der Waals surface area contributed by atoms with Gasteiger partial charge in [0.25, 0.3) is 0 Å². The van der Waals surface area contributed by atoms with Crippen molar-refractivity contribution in [3.8, 4) is 5.75 Å². The summed E-state index contributed by atoms with van der Waals surface area (Å²) in [7, 11) is -3.66. The van der Waals surface area contributed by atoms with Gasteiger partial charge in [-0.2, -0.15) is 17.5 Å². The molecule has 1 aromatic rings. The Labute approximate surface area is 169 Å². The van der Waals surface area contributed by atoms with Crippen molar-refractivity contribution in [2.75, 3.05) is 33.3 Å². The highest BCUT2D eigenvalue weighted by molar-refractivity contribution is 7.90. The second kappa shape index (κ2) is 10.1. The first-order valence-electron chi connectivity index (χ1n) is 9.41. The number of aliphatic imine (C=N–C) groups is 1. The van der Waals surface area contributed by atoms with Crippen molar-refractivity contribution in [3.63, 3.8) is 0 Å². The van der Waals surface area contributed by atoms with Crippen LogP contribution in [0, 0.1) is 0 Å². The van der Waals surface area contributed by atoms with Crippen LogP contribution in [0.15, 0.2) is 29.3 Å². The monoisotopic (exact) mass is 436 g/mol. The quantitative estimate of drug-likeness (QED) is 0.505. The van der Waals surface area contributed by atoms with Crippen LogP contribution in [-0.4, -0.2) is 63.5 Å². The van der Waals surface area contributed by atoms with Gasteiger partial charge in [-0.3, -0.25) is 4.99 Å². The van der Waals surface area contributed by atoms with E-state index >= 15 is 0 Å². The first kappa shape index (κ1) is 23.3. The van der Waals surface area contributed by atoms with Gasteiger partial charge in [-0.05, 0) is 43.9 Å². The standard InChI is InChI=1S/C18H27F3N4O3S/c1-3-22-17(23-10-7-14-5-4-6-16(13-14)28-2)24-15-8-11-25(12-9-15)29(26,27)18(19,20)21/h4-6,13,15H,3,7-12H2,1-2H3,(H2,22,23,24). The molecule has 164 valence electrons. The largest absolute Gasteiger partial charge is 0.511 e. The molecule has 7 nitrogen and oxygen atoms in total. The minimum absolute atomic E-state index is 0.149. The highest BCUT2D eigenvalue weighted by Crippen LogP contribution is 2.28. The van der Waals surface area contributed by atoms with E-state index < -0.39 is 15.5 Å². The third-order valence-corrected chi connectivity index (χ3v) is 6.21. The predicted molar refractivity (Wildman–Crippen MR) is 105 cm³/mol. The normalized spacial score (nSPS) is 17.2. The Balaban J connectivity index is 1.89. The van der Waals surface area contributed by atoms with Crippen LogP contribution in [0.3, 0.4) is 0 Å². The summed E-state index contributed by atoms with van der Waals surface area (Å²) < 4.78 is 66.7. The maximum Gasteiger partial charge on any atom is 0.511 e. The Kier molecular flexibility index (Phi) is 8.14. The molecule has 0 spiro atoms. The van der Waals surface area contributed by atoms with Crippen molar-refractivity contribution in [2.45, 2.75) is 37.7 Å². The molecule has 1 saturated heterocycles. The number of hydrogen-bond acceptors (Lipinski definition) is 4. The van der Waals surface area contributed by atoms with Crippen molar-refractivity contribution >= 4 is 16.0 Å². The molecule has 0 atom stereocenters. The highest BCUT2D eigenvalue weighted by Gasteiger charge is 2.50. The molecular formula is C18H27F3N4O3S. The van der Waals surface area contributed by atoms with Gasteiger partial charge in [-0.15, -0.1) is 0 Å². The smallest absolute Gasteiger partial charge is 0.497 e. The number of nitrogens with zero attached hydrogens (tertiary/aromatic N) is 2. The number of guanidine groups is 1. The van der Waals surface area contributed by atoms with Crippen LogP contribution in [-0.2, 0) is 16.4 Å². The van der Waals surface area contributed by atoms with E-state index in [1.807, 2.05) is 31.2 Å². The van der Waals surface area contributed by atoms with E-state index in [1.54, 1.807) is 7.11 Å². The Morgan fingerprint density at radius 2 is 2.00 bits per heavy atom. The Hall–Kier alpha value is -2.01. The molecule has 0 aromatic heterocycles. The third kappa shape index (κ3) is 6.49. The molecule has 29 heavy (non-hydrogen) atoms. The fraction of sp³-hybridized carbons (Fsp3) is 0.611. The van der Waals surface area contributed by atoms with Gasteiger partial charge in [0.2, 0.25) is 0 Å². The number of nitrogens with one attached hydrogen (secondary N) is 2. The van der Waals surface area contributed by atoms with E-state index in [4.69, 9.17) is 4.74 Å². The molecule has 1 aliphatic heterocycles. The van der Waals surface area contributed by atoms with E-state index in [1.165, 1.54) is 0 Å². The molecule has 11 heteroatoms. The minimum atomic E-state index is -5.26. The van der Waals surface area contributed by atoms with Gasteiger partial charge in [-0.1, -0.05) is 12.1 Å². The van der Waals surface area contributed by atoms with Crippen LogP contribution in [0.2, 0.25) is 0 Å². The molecule has 2 rings (SSSR count). The Bertz CT molecular complexity index is 792. The fourth-order valence-corrected chi connectivity index (χ4v) is 4.01. The number of benzene rings is 1. The van der Waals surface area contributed by atoms with Crippen molar-refractivity contribution in [1.29, 1.82) is 0 Å². The zero-order valence-corrected chi connectivity index (χ0v) is 17.3. The molecule has 1 fully saturated rings. The predicted octanol–water partition coefficient (Wildman–Crippen LogP) is 2.11. The van der Waals surface area contributed by atoms with E-state index in [0.717, 1.165) is 11.3 Å². The number of alkyl halides is 3. The van der Waals surface area contributed by atoms with Gasteiger partial charge in [0, 0.05) is 32.2 Å². The molecule has 0 radical (unpaired) electrons. The lowest BCUT2D eigenvalue weighted by atomic mass is 10.1. The molecule has 1 aromatic carbocycles. The summed E-state index contributed by atoms with van der Waals surface area (Å²) >= 11 is 0. The summed E-state index contributed by atoms with van der Waals surface area (Å²) in [6.45, 7) is 2.71. The lowest BCUT2D eigenvalue weighted by molar-refractivity contribution is -0.0494. The summed E-state index contributed by atoms with van der Waals surface area (Å²) in [6, 6.07) is 7.54. The molecule has 1 heterocycles. The van der Waals surface area contributed by atoms with Crippen LogP contribution in [0.5, 0.6) is 5.75 Å². The van der Waals surface area contributed by atoms with Crippen LogP contribution in [0.1, 0.15) is 25.3 Å². The van der Waals surface area contributed by atoms with Crippen molar-refractivity contribution in [3.05, 3.63) is 29.8 Å². The number of hydrogen-bond donors (Lipinski definition) is 2. The Morgan fingerprint density at radius 1 is 1.31 bits per heavy atom. The molecule has 1 aliphatic rings. The minimum Gasteiger partial charge on any atom is -0.497 e. The van der Waals surface area contributed by atoms with Crippen LogP contribution in [0.4, 0.5) is 13.2 Å². The number of sulfonamides is 1. The maximum atomic E-state index is 12.7. The van der Waals surface area contributed by atoms with Crippen molar-refractivity contribution < 1.29 is 26.3 Å². The topological polar surface area (TPSA) is 83.0 Å². The average Bonchev–Trinajstić information content (AvgIpc) is 2.68. The number of halogens is 3. The zero-order valence-electron chi connectivity index (χ0n) is 16.5. The van der Waals surface area contributed by atoms with Gasteiger partial charge in [0.15, 0.2) is 5.96 Å². The molecule has 0 bridgehead atoms.